The minimum atomic E-state index is -4.09. The second-order valence-electron chi connectivity index (χ2n) is 10.4. The number of benzene rings is 3. The molecule has 3 rings (SSSR count). The second kappa shape index (κ2) is 12.7. The van der Waals surface area contributed by atoms with Crippen LogP contribution in [0.3, 0.4) is 0 Å². The van der Waals surface area contributed by atoms with E-state index in [4.69, 9.17) is 11.6 Å². The molecule has 0 spiro atoms. The van der Waals surface area contributed by atoms with Crippen molar-refractivity contribution >= 4 is 39.1 Å². The number of sulfonamides is 1. The summed E-state index contributed by atoms with van der Waals surface area (Å²) < 4.78 is 28.7. The van der Waals surface area contributed by atoms with Gasteiger partial charge in [-0.2, -0.15) is 0 Å². The Morgan fingerprint density at radius 3 is 2.13 bits per heavy atom. The molecule has 0 bridgehead atoms. The molecule has 7 nitrogen and oxygen atoms in total. The van der Waals surface area contributed by atoms with Crippen LogP contribution in [0.4, 0.5) is 5.69 Å². The molecule has 0 radical (unpaired) electrons. The summed E-state index contributed by atoms with van der Waals surface area (Å²) in [7, 11) is -4.09. The number of carbonyl (C=O) groups excluding carboxylic acids is 2. The molecule has 0 aliphatic heterocycles. The van der Waals surface area contributed by atoms with E-state index >= 15 is 0 Å². The van der Waals surface area contributed by atoms with Crippen LogP contribution < -0.4 is 9.62 Å². The maximum absolute atomic E-state index is 13.9. The third-order valence-electron chi connectivity index (χ3n) is 6.15. The van der Waals surface area contributed by atoms with Gasteiger partial charge in [0.15, 0.2) is 0 Å². The molecule has 0 fully saturated rings. The molecule has 1 N–H and O–H groups in total. The predicted octanol–water partition coefficient (Wildman–Crippen LogP) is 5.43. The van der Waals surface area contributed by atoms with E-state index in [1.54, 1.807) is 55.5 Å². The molecule has 3 aromatic rings. The average Bonchev–Trinajstić information content (AvgIpc) is 2.89. The summed E-state index contributed by atoms with van der Waals surface area (Å²) in [6, 6.07) is 21.2. The van der Waals surface area contributed by atoms with Crippen molar-refractivity contribution in [3.63, 3.8) is 0 Å². The normalized spacial score (nSPS) is 12.5. The van der Waals surface area contributed by atoms with Crippen LogP contribution in [0.25, 0.3) is 0 Å². The van der Waals surface area contributed by atoms with Gasteiger partial charge >= 0.3 is 0 Å². The standard InChI is InChI=1S/C30H36ClN3O4S/c1-6-23-15-17-26(18-16-23)34(39(37,38)27-13-8-7-9-14-27)21-28(35)33(20-24-11-10-12-25(31)19-24)22(2)29(36)32-30(3,4)5/h7-19,22H,6,20-21H2,1-5H3,(H,32,36)/t22-/m1/s1. The lowest BCUT2D eigenvalue weighted by atomic mass is 10.1. The molecule has 0 aliphatic carbocycles. The summed E-state index contributed by atoms with van der Waals surface area (Å²) in [4.78, 5) is 28.5. The lowest BCUT2D eigenvalue weighted by Crippen LogP contribution is -2.54. The molecule has 0 unspecified atom stereocenters. The monoisotopic (exact) mass is 569 g/mol. The average molecular weight is 570 g/mol. The number of nitrogens with one attached hydrogen (secondary N) is 1. The van der Waals surface area contributed by atoms with E-state index in [0.717, 1.165) is 21.9 Å². The van der Waals surface area contributed by atoms with Crippen molar-refractivity contribution in [2.24, 2.45) is 0 Å². The van der Waals surface area contributed by atoms with Crippen LogP contribution in [0.15, 0.2) is 83.8 Å². The fraction of sp³-hybridized carbons (Fsp3) is 0.333. The Labute approximate surface area is 236 Å². The summed E-state index contributed by atoms with van der Waals surface area (Å²) in [6.45, 7) is 8.80. The highest BCUT2D eigenvalue weighted by Gasteiger charge is 2.33. The van der Waals surface area contributed by atoms with Crippen molar-refractivity contribution in [2.45, 2.75) is 64.1 Å². The molecule has 0 aliphatic rings. The molecule has 3 aromatic carbocycles. The number of nitrogens with zero attached hydrogens (tertiary/aromatic N) is 2. The zero-order valence-electron chi connectivity index (χ0n) is 23.0. The minimum absolute atomic E-state index is 0.0669. The third kappa shape index (κ3) is 8.07. The molecular formula is C30H36ClN3O4S. The van der Waals surface area contributed by atoms with Crippen molar-refractivity contribution in [3.8, 4) is 0 Å². The molecule has 0 heterocycles. The van der Waals surface area contributed by atoms with Crippen LogP contribution >= 0.6 is 11.6 Å². The van der Waals surface area contributed by atoms with Crippen LogP contribution in [0, 0.1) is 0 Å². The van der Waals surface area contributed by atoms with Crippen LogP contribution in [-0.2, 0) is 32.6 Å². The van der Waals surface area contributed by atoms with Crippen molar-refractivity contribution in [1.82, 2.24) is 10.2 Å². The van der Waals surface area contributed by atoms with Gasteiger partial charge in [-0.1, -0.05) is 61.0 Å². The number of carbonyl (C=O) groups is 2. The fourth-order valence-corrected chi connectivity index (χ4v) is 5.68. The molecule has 1 atom stereocenters. The van der Waals surface area contributed by atoms with E-state index in [1.807, 2.05) is 45.9 Å². The number of aryl methyl sites for hydroxylation is 1. The first-order valence-electron chi connectivity index (χ1n) is 12.8. The maximum Gasteiger partial charge on any atom is 0.264 e. The van der Waals surface area contributed by atoms with Crippen molar-refractivity contribution in [3.05, 3.63) is 95.0 Å². The van der Waals surface area contributed by atoms with E-state index in [-0.39, 0.29) is 17.3 Å². The number of anilines is 1. The summed E-state index contributed by atoms with van der Waals surface area (Å²) in [5.41, 5.74) is 1.60. The summed E-state index contributed by atoms with van der Waals surface area (Å²) in [5, 5.41) is 3.41. The van der Waals surface area contributed by atoms with Gasteiger partial charge in [-0.05, 0) is 81.6 Å². The topological polar surface area (TPSA) is 86.8 Å². The lowest BCUT2D eigenvalue weighted by Gasteiger charge is -2.33. The van der Waals surface area contributed by atoms with Crippen LogP contribution in [0.1, 0.15) is 45.7 Å². The molecule has 0 saturated carbocycles. The van der Waals surface area contributed by atoms with E-state index in [9.17, 15) is 18.0 Å². The van der Waals surface area contributed by atoms with E-state index in [2.05, 4.69) is 5.32 Å². The first-order valence-corrected chi connectivity index (χ1v) is 14.7. The van der Waals surface area contributed by atoms with Crippen molar-refractivity contribution < 1.29 is 18.0 Å². The number of rotatable bonds is 10. The second-order valence-corrected chi connectivity index (χ2v) is 12.7. The maximum atomic E-state index is 13.9. The molecule has 208 valence electrons. The Hall–Kier alpha value is -3.36. The molecule has 0 saturated heterocycles. The van der Waals surface area contributed by atoms with Crippen LogP contribution in [-0.4, -0.2) is 43.3 Å². The number of hydrogen-bond acceptors (Lipinski definition) is 4. The smallest absolute Gasteiger partial charge is 0.264 e. The van der Waals surface area contributed by atoms with E-state index < -0.39 is 34.1 Å². The van der Waals surface area contributed by atoms with E-state index in [0.29, 0.717) is 10.7 Å². The molecule has 9 heteroatoms. The van der Waals surface area contributed by atoms with Crippen molar-refractivity contribution in [1.29, 1.82) is 0 Å². The Morgan fingerprint density at radius 2 is 1.56 bits per heavy atom. The molecular weight excluding hydrogens is 534 g/mol. The summed E-state index contributed by atoms with van der Waals surface area (Å²) in [5.74, 6) is -0.867. The third-order valence-corrected chi connectivity index (χ3v) is 8.17. The van der Waals surface area contributed by atoms with Gasteiger partial charge < -0.3 is 10.2 Å². The van der Waals surface area contributed by atoms with Crippen LogP contribution in [0.5, 0.6) is 0 Å². The van der Waals surface area contributed by atoms with Crippen LogP contribution in [0.2, 0.25) is 5.02 Å². The summed E-state index contributed by atoms with van der Waals surface area (Å²) >= 11 is 6.18. The first kappa shape index (κ1) is 30.2. The zero-order chi connectivity index (χ0) is 28.8. The fourth-order valence-electron chi connectivity index (χ4n) is 4.04. The van der Waals surface area contributed by atoms with Gasteiger partial charge in [-0.3, -0.25) is 13.9 Å². The first-order chi connectivity index (χ1) is 18.3. The van der Waals surface area contributed by atoms with Gasteiger partial charge in [0.2, 0.25) is 11.8 Å². The lowest BCUT2D eigenvalue weighted by molar-refractivity contribution is -0.140. The van der Waals surface area contributed by atoms with Crippen molar-refractivity contribution in [2.75, 3.05) is 10.8 Å². The Morgan fingerprint density at radius 1 is 0.923 bits per heavy atom. The van der Waals surface area contributed by atoms with E-state index in [1.165, 1.54) is 17.0 Å². The minimum Gasteiger partial charge on any atom is -0.350 e. The van der Waals surface area contributed by atoms with Gasteiger partial charge in [0.1, 0.15) is 12.6 Å². The Kier molecular flexibility index (Phi) is 9.80. The molecule has 0 aromatic heterocycles. The summed E-state index contributed by atoms with van der Waals surface area (Å²) in [6.07, 6.45) is 0.790. The van der Waals surface area contributed by atoms with Gasteiger partial charge in [0, 0.05) is 17.1 Å². The number of halogens is 1. The van der Waals surface area contributed by atoms with Gasteiger partial charge in [0.05, 0.1) is 10.6 Å². The van der Waals surface area contributed by atoms with Gasteiger partial charge in [-0.25, -0.2) is 8.42 Å². The number of hydrogen-bond donors (Lipinski definition) is 1. The van der Waals surface area contributed by atoms with Gasteiger partial charge in [-0.15, -0.1) is 0 Å². The highest BCUT2D eigenvalue weighted by Crippen LogP contribution is 2.25. The zero-order valence-corrected chi connectivity index (χ0v) is 24.6. The Balaban J connectivity index is 2.03. The molecule has 39 heavy (non-hydrogen) atoms. The Bertz CT molecular complexity index is 1390. The molecule has 2 amide bonds. The predicted molar refractivity (Wildman–Crippen MR) is 156 cm³/mol. The quantitative estimate of drug-likeness (QED) is 0.353. The SMILES string of the molecule is CCc1ccc(N(CC(=O)N(Cc2cccc(Cl)c2)[C@H](C)C(=O)NC(C)(C)C)S(=O)(=O)c2ccccc2)cc1. The van der Waals surface area contributed by atoms with Gasteiger partial charge in [0.25, 0.3) is 10.0 Å². The highest BCUT2D eigenvalue weighted by atomic mass is 35.5. The largest absolute Gasteiger partial charge is 0.350 e. The highest BCUT2D eigenvalue weighted by molar-refractivity contribution is 7.92. The number of amides is 2.